The van der Waals surface area contributed by atoms with Crippen LogP contribution in [-0.4, -0.2) is 53.5 Å². The second kappa shape index (κ2) is 7.93. The highest BCUT2D eigenvalue weighted by Crippen LogP contribution is 2.17. The zero-order chi connectivity index (χ0) is 18.5. The van der Waals surface area contributed by atoms with E-state index in [1.54, 1.807) is 37.3 Å². The lowest BCUT2D eigenvalue weighted by Crippen LogP contribution is -2.46. The van der Waals surface area contributed by atoms with Gasteiger partial charge in [-0.1, -0.05) is 6.92 Å². The smallest absolute Gasteiger partial charge is 0.274 e. The average molecular weight is 350 g/mol. The van der Waals surface area contributed by atoms with Crippen molar-refractivity contribution < 1.29 is 4.79 Å². The molecular formula is C19H22N6O. The third-order valence-electron chi connectivity index (χ3n) is 4.47. The van der Waals surface area contributed by atoms with Crippen LogP contribution >= 0.6 is 0 Å². The van der Waals surface area contributed by atoms with Gasteiger partial charge in [-0.25, -0.2) is 9.97 Å². The second-order valence-corrected chi connectivity index (χ2v) is 6.22. The van der Waals surface area contributed by atoms with Gasteiger partial charge in [0, 0.05) is 37.9 Å². The minimum Gasteiger partial charge on any atom is -0.354 e. The molecule has 1 aromatic heterocycles. The number of aryl methyl sites for hydroxylation is 1. The summed E-state index contributed by atoms with van der Waals surface area (Å²) >= 11 is 0. The highest BCUT2D eigenvalue weighted by molar-refractivity contribution is 6.03. The molecule has 2 heterocycles. The summed E-state index contributed by atoms with van der Waals surface area (Å²) in [5.41, 5.74) is 1.52. The molecule has 0 bridgehead atoms. The Labute approximate surface area is 153 Å². The molecule has 0 saturated carbocycles. The van der Waals surface area contributed by atoms with E-state index in [1.807, 2.05) is 0 Å². The third-order valence-corrected chi connectivity index (χ3v) is 4.47. The van der Waals surface area contributed by atoms with E-state index < -0.39 is 0 Å². The Morgan fingerprint density at radius 3 is 2.50 bits per heavy atom. The lowest BCUT2D eigenvalue weighted by Gasteiger charge is -2.34. The number of hydrogen-bond donors (Lipinski definition) is 1. The maximum absolute atomic E-state index is 12.6. The molecule has 0 spiro atoms. The molecule has 0 aliphatic carbocycles. The number of benzene rings is 1. The van der Waals surface area contributed by atoms with Gasteiger partial charge in [-0.2, -0.15) is 5.26 Å². The van der Waals surface area contributed by atoms with Gasteiger partial charge in [0.25, 0.3) is 5.91 Å². The minimum atomic E-state index is -0.284. The van der Waals surface area contributed by atoms with Crippen molar-refractivity contribution in [2.24, 2.45) is 0 Å². The summed E-state index contributed by atoms with van der Waals surface area (Å²) in [6.45, 7) is 8.77. The molecule has 0 radical (unpaired) electrons. The predicted molar refractivity (Wildman–Crippen MR) is 100 cm³/mol. The Morgan fingerprint density at radius 2 is 1.88 bits per heavy atom. The Hall–Kier alpha value is -2.98. The van der Waals surface area contributed by atoms with Crippen LogP contribution < -0.4 is 10.2 Å². The van der Waals surface area contributed by atoms with Gasteiger partial charge in [0.2, 0.25) is 0 Å². The first kappa shape index (κ1) is 17.8. The first-order valence-electron chi connectivity index (χ1n) is 8.73. The SMILES string of the molecule is CCN1CCN(c2cc(C(=O)Nc3ccc(C#N)cc3)nc(C)n2)CC1. The molecule has 0 unspecified atom stereocenters. The van der Waals surface area contributed by atoms with Crippen molar-refractivity contribution in [2.45, 2.75) is 13.8 Å². The van der Waals surface area contributed by atoms with Gasteiger partial charge in [0.15, 0.2) is 0 Å². The van der Waals surface area contributed by atoms with Crippen molar-refractivity contribution in [3.63, 3.8) is 0 Å². The van der Waals surface area contributed by atoms with Crippen LogP contribution in [0.1, 0.15) is 28.8 Å². The van der Waals surface area contributed by atoms with E-state index in [0.717, 1.165) is 38.5 Å². The molecule has 1 aliphatic heterocycles. The number of nitrogens with one attached hydrogen (secondary N) is 1. The number of carbonyl (C=O) groups excluding carboxylic acids is 1. The fraction of sp³-hybridized carbons (Fsp3) is 0.368. The third kappa shape index (κ3) is 4.16. The van der Waals surface area contributed by atoms with Crippen LogP contribution in [0.3, 0.4) is 0 Å². The molecule has 1 aliphatic rings. The van der Waals surface area contributed by atoms with Gasteiger partial charge >= 0.3 is 0 Å². The van der Waals surface area contributed by atoms with E-state index in [9.17, 15) is 4.79 Å². The summed E-state index contributed by atoms with van der Waals surface area (Å²) in [7, 11) is 0. The number of hydrogen-bond acceptors (Lipinski definition) is 6. The van der Waals surface area contributed by atoms with Gasteiger partial charge in [-0.05, 0) is 37.7 Å². The molecule has 3 rings (SSSR count). The fourth-order valence-electron chi connectivity index (χ4n) is 2.95. The zero-order valence-corrected chi connectivity index (χ0v) is 15.1. The zero-order valence-electron chi connectivity index (χ0n) is 15.1. The summed E-state index contributed by atoms with van der Waals surface area (Å²) < 4.78 is 0. The number of likely N-dealkylation sites (N-methyl/N-ethyl adjacent to an activating group) is 1. The van der Waals surface area contributed by atoms with Crippen molar-refractivity contribution in [3.8, 4) is 6.07 Å². The summed E-state index contributed by atoms with van der Waals surface area (Å²) in [5.74, 6) is 1.08. The summed E-state index contributed by atoms with van der Waals surface area (Å²) in [6.07, 6.45) is 0. The Balaban J connectivity index is 1.74. The average Bonchev–Trinajstić information content (AvgIpc) is 2.68. The number of nitrogens with zero attached hydrogens (tertiary/aromatic N) is 5. The van der Waals surface area contributed by atoms with E-state index in [1.165, 1.54) is 0 Å². The second-order valence-electron chi connectivity index (χ2n) is 6.22. The molecule has 26 heavy (non-hydrogen) atoms. The van der Waals surface area contributed by atoms with Crippen molar-refractivity contribution in [1.82, 2.24) is 14.9 Å². The van der Waals surface area contributed by atoms with Gasteiger partial charge in [0.1, 0.15) is 17.3 Å². The standard InChI is InChI=1S/C19H22N6O/c1-3-24-8-10-25(11-9-24)18-12-17(21-14(2)22-18)19(26)23-16-6-4-15(13-20)5-7-16/h4-7,12H,3,8-11H2,1-2H3,(H,23,26). The molecule has 7 nitrogen and oxygen atoms in total. The maximum Gasteiger partial charge on any atom is 0.274 e. The maximum atomic E-state index is 12.6. The lowest BCUT2D eigenvalue weighted by atomic mass is 10.2. The molecule has 2 aromatic rings. The first-order chi connectivity index (χ1) is 12.6. The number of carbonyl (C=O) groups is 1. The van der Waals surface area contributed by atoms with Crippen LogP contribution in [0, 0.1) is 18.3 Å². The Bertz CT molecular complexity index is 819. The van der Waals surface area contributed by atoms with Crippen molar-refractivity contribution in [3.05, 3.63) is 47.4 Å². The van der Waals surface area contributed by atoms with Crippen LogP contribution in [-0.2, 0) is 0 Å². The normalized spacial score (nSPS) is 14.7. The van der Waals surface area contributed by atoms with Crippen LogP contribution in [0.4, 0.5) is 11.5 Å². The first-order valence-corrected chi connectivity index (χ1v) is 8.73. The molecule has 1 aromatic carbocycles. The van der Waals surface area contributed by atoms with E-state index in [0.29, 0.717) is 22.8 Å². The van der Waals surface area contributed by atoms with Crippen molar-refractivity contribution in [2.75, 3.05) is 42.9 Å². The number of nitriles is 1. The minimum absolute atomic E-state index is 0.284. The quantitative estimate of drug-likeness (QED) is 0.908. The molecule has 134 valence electrons. The Kier molecular flexibility index (Phi) is 5.44. The summed E-state index contributed by atoms with van der Waals surface area (Å²) in [4.78, 5) is 25.9. The molecule has 1 saturated heterocycles. The monoisotopic (exact) mass is 350 g/mol. The molecule has 0 atom stereocenters. The molecular weight excluding hydrogens is 328 g/mol. The van der Waals surface area contributed by atoms with Crippen molar-refractivity contribution >= 4 is 17.4 Å². The number of aromatic nitrogens is 2. The van der Waals surface area contributed by atoms with E-state index in [-0.39, 0.29) is 5.91 Å². The van der Waals surface area contributed by atoms with E-state index >= 15 is 0 Å². The van der Waals surface area contributed by atoms with Gasteiger partial charge in [-0.15, -0.1) is 0 Å². The highest BCUT2D eigenvalue weighted by atomic mass is 16.1. The molecule has 1 fully saturated rings. The highest BCUT2D eigenvalue weighted by Gasteiger charge is 2.19. The van der Waals surface area contributed by atoms with Gasteiger partial charge in [0.05, 0.1) is 11.6 Å². The summed E-state index contributed by atoms with van der Waals surface area (Å²) in [5, 5.41) is 11.7. The van der Waals surface area contributed by atoms with Crippen molar-refractivity contribution in [1.29, 1.82) is 5.26 Å². The molecule has 7 heteroatoms. The summed E-state index contributed by atoms with van der Waals surface area (Å²) in [6, 6.07) is 10.5. The van der Waals surface area contributed by atoms with Crippen LogP contribution in [0.15, 0.2) is 30.3 Å². The largest absolute Gasteiger partial charge is 0.354 e. The Morgan fingerprint density at radius 1 is 1.19 bits per heavy atom. The number of anilines is 2. The molecule has 1 N–H and O–H groups in total. The molecule has 1 amide bonds. The van der Waals surface area contributed by atoms with Gasteiger partial charge < -0.3 is 15.1 Å². The predicted octanol–water partition coefficient (Wildman–Crippen LogP) is 2.05. The van der Waals surface area contributed by atoms with E-state index in [4.69, 9.17) is 5.26 Å². The topological polar surface area (TPSA) is 85.1 Å². The van der Waals surface area contributed by atoms with Crippen LogP contribution in [0.5, 0.6) is 0 Å². The number of rotatable bonds is 4. The van der Waals surface area contributed by atoms with Gasteiger partial charge in [-0.3, -0.25) is 4.79 Å². The number of amides is 1. The lowest BCUT2D eigenvalue weighted by molar-refractivity contribution is 0.102. The number of piperazine rings is 1. The van der Waals surface area contributed by atoms with E-state index in [2.05, 4.69) is 38.1 Å². The fourth-order valence-corrected chi connectivity index (χ4v) is 2.95. The van der Waals surface area contributed by atoms with Crippen LogP contribution in [0.2, 0.25) is 0 Å². The van der Waals surface area contributed by atoms with Crippen LogP contribution in [0.25, 0.3) is 0 Å².